The molecule has 0 aromatic carbocycles. The van der Waals surface area contributed by atoms with Gasteiger partial charge in [-0.25, -0.2) is 0 Å². The maximum Gasteiger partial charge on any atom is 0.248 e. The van der Waals surface area contributed by atoms with Gasteiger partial charge in [-0.15, -0.1) is 11.3 Å². The lowest BCUT2D eigenvalue weighted by molar-refractivity contribution is -0.146. The number of amides is 2. The van der Waals surface area contributed by atoms with E-state index in [0.29, 0.717) is 13.1 Å². The molecule has 0 bridgehead atoms. The largest absolute Gasteiger partial charge is 0.352 e. The van der Waals surface area contributed by atoms with Crippen molar-refractivity contribution in [3.8, 4) is 0 Å². The van der Waals surface area contributed by atoms with Crippen LogP contribution in [0.15, 0.2) is 17.5 Å². The zero-order valence-electron chi connectivity index (χ0n) is 11.3. The van der Waals surface area contributed by atoms with Crippen LogP contribution in [-0.2, 0) is 9.59 Å². The first kappa shape index (κ1) is 13.6. The molecule has 3 rings (SSSR count). The summed E-state index contributed by atoms with van der Waals surface area (Å²) in [7, 11) is 0. The molecule has 1 aromatic heterocycles. The Morgan fingerprint density at radius 1 is 1.40 bits per heavy atom. The fourth-order valence-electron chi connectivity index (χ4n) is 2.93. The monoisotopic (exact) mass is 293 g/mol. The third-order valence-corrected chi connectivity index (χ3v) is 4.88. The first-order chi connectivity index (χ1) is 9.77. The molecule has 2 unspecified atom stereocenters. The molecule has 2 atom stereocenters. The van der Waals surface area contributed by atoms with Crippen LogP contribution in [0.2, 0.25) is 0 Å². The van der Waals surface area contributed by atoms with Crippen LogP contribution in [0, 0.1) is 5.92 Å². The lowest BCUT2D eigenvalue weighted by Crippen LogP contribution is -2.54. The van der Waals surface area contributed by atoms with Crippen LogP contribution >= 0.6 is 11.3 Å². The summed E-state index contributed by atoms with van der Waals surface area (Å²) in [5, 5.41) is 8.08. The van der Waals surface area contributed by atoms with Crippen LogP contribution in [0.3, 0.4) is 0 Å². The molecule has 1 aromatic rings. The molecule has 0 aliphatic carbocycles. The number of hydrogen-bond donors (Lipinski definition) is 2. The summed E-state index contributed by atoms with van der Waals surface area (Å²) < 4.78 is 0. The Kier molecular flexibility index (Phi) is 4.03. The molecule has 20 heavy (non-hydrogen) atoms. The fourth-order valence-corrected chi connectivity index (χ4v) is 3.77. The van der Waals surface area contributed by atoms with Crippen molar-refractivity contribution in [2.24, 2.45) is 5.92 Å². The summed E-state index contributed by atoms with van der Waals surface area (Å²) >= 11 is 1.53. The molecule has 2 aliphatic heterocycles. The first-order valence-corrected chi connectivity index (χ1v) is 7.97. The van der Waals surface area contributed by atoms with Crippen LogP contribution < -0.4 is 10.6 Å². The van der Waals surface area contributed by atoms with Gasteiger partial charge in [0.2, 0.25) is 11.8 Å². The van der Waals surface area contributed by atoms with Gasteiger partial charge in [-0.05, 0) is 30.8 Å². The summed E-state index contributed by atoms with van der Waals surface area (Å²) in [6.07, 6.45) is 1.95. The molecule has 108 valence electrons. The van der Waals surface area contributed by atoms with E-state index in [0.717, 1.165) is 30.8 Å². The van der Waals surface area contributed by atoms with Gasteiger partial charge in [0.1, 0.15) is 6.04 Å². The number of piperidine rings is 1. The molecule has 2 amide bonds. The lowest BCUT2D eigenvalue weighted by atomic mass is 9.96. The van der Waals surface area contributed by atoms with Crippen molar-refractivity contribution >= 4 is 23.2 Å². The number of rotatable bonds is 2. The number of nitrogens with one attached hydrogen (secondary N) is 2. The van der Waals surface area contributed by atoms with E-state index in [-0.39, 0.29) is 17.7 Å². The van der Waals surface area contributed by atoms with Crippen LogP contribution in [0.25, 0.3) is 0 Å². The van der Waals surface area contributed by atoms with Gasteiger partial charge in [0.15, 0.2) is 0 Å². The average molecular weight is 293 g/mol. The van der Waals surface area contributed by atoms with Crippen molar-refractivity contribution in [1.29, 1.82) is 0 Å². The number of carbonyl (C=O) groups excluding carboxylic acids is 2. The van der Waals surface area contributed by atoms with Crippen molar-refractivity contribution in [3.63, 3.8) is 0 Å². The molecule has 2 saturated heterocycles. The van der Waals surface area contributed by atoms with E-state index in [4.69, 9.17) is 0 Å². The lowest BCUT2D eigenvalue weighted by Gasteiger charge is -2.37. The summed E-state index contributed by atoms with van der Waals surface area (Å²) in [5.41, 5.74) is 0. The first-order valence-electron chi connectivity index (χ1n) is 7.09. The minimum Gasteiger partial charge on any atom is -0.352 e. The summed E-state index contributed by atoms with van der Waals surface area (Å²) in [5.74, 6) is 0.0679. The highest BCUT2D eigenvalue weighted by Crippen LogP contribution is 2.29. The van der Waals surface area contributed by atoms with Crippen LogP contribution in [0.5, 0.6) is 0 Å². The molecular formula is C14H19N3O2S. The molecule has 2 fully saturated rings. The zero-order chi connectivity index (χ0) is 13.9. The van der Waals surface area contributed by atoms with Crippen molar-refractivity contribution < 1.29 is 9.59 Å². The normalized spacial score (nSPS) is 27.2. The number of thiophene rings is 1. The van der Waals surface area contributed by atoms with Gasteiger partial charge in [-0.2, -0.15) is 0 Å². The van der Waals surface area contributed by atoms with E-state index >= 15 is 0 Å². The predicted molar refractivity (Wildman–Crippen MR) is 77.4 cm³/mol. The predicted octanol–water partition coefficient (Wildman–Crippen LogP) is 0.747. The Morgan fingerprint density at radius 3 is 3.00 bits per heavy atom. The Balaban J connectivity index is 1.81. The smallest absolute Gasteiger partial charge is 0.248 e. The maximum atomic E-state index is 12.7. The quantitative estimate of drug-likeness (QED) is 0.846. The van der Waals surface area contributed by atoms with Crippen molar-refractivity contribution in [1.82, 2.24) is 15.5 Å². The van der Waals surface area contributed by atoms with Gasteiger partial charge in [0, 0.05) is 24.5 Å². The number of piperazine rings is 1. The minimum absolute atomic E-state index is 0.0112. The van der Waals surface area contributed by atoms with Crippen molar-refractivity contribution in [2.45, 2.75) is 18.9 Å². The van der Waals surface area contributed by atoms with E-state index in [1.807, 2.05) is 17.5 Å². The SMILES string of the molecule is O=C1NCCN(C(=O)C2CCCNC2)C1c1cccs1. The van der Waals surface area contributed by atoms with E-state index in [9.17, 15) is 9.59 Å². The molecule has 0 saturated carbocycles. The van der Waals surface area contributed by atoms with Gasteiger partial charge >= 0.3 is 0 Å². The third-order valence-electron chi connectivity index (χ3n) is 3.95. The molecule has 0 spiro atoms. The Hall–Kier alpha value is -1.40. The van der Waals surface area contributed by atoms with Gasteiger partial charge < -0.3 is 15.5 Å². The van der Waals surface area contributed by atoms with E-state index in [1.165, 1.54) is 11.3 Å². The highest BCUT2D eigenvalue weighted by molar-refractivity contribution is 7.10. The topological polar surface area (TPSA) is 61.4 Å². The van der Waals surface area contributed by atoms with Crippen LogP contribution in [0.4, 0.5) is 0 Å². The molecule has 2 N–H and O–H groups in total. The standard InChI is InChI=1S/C14H19N3O2S/c18-13-12(11-4-2-8-20-11)17(7-6-16-13)14(19)10-3-1-5-15-9-10/h2,4,8,10,12,15H,1,3,5-7,9H2,(H,16,18). The summed E-state index contributed by atoms with van der Waals surface area (Å²) in [6, 6.07) is 3.41. The Bertz CT molecular complexity index is 483. The van der Waals surface area contributed by atoms with Gasteiger partial charge in [0.25, 0.3) is 0 Å². The molecule has 2 aliphatic rings. The van der Waals surface area contributed by atoms with Gasteiger partial charge in [0.05, 0.1) is 5.92 Å². The second-order valence-electron chi connectivity index (χ2n) is 5.28. The molecule has 6 heteroatoms. The van der Waals surface area contributed by atoms with E-state index in [1.54, 1.807) is 4.90 Å². The molecule has 3 heterocycles. The molecule has 0 radical (unpaired) electrons. The van der Waals surface area contributed by atoms with E-state index < -0.39 is 6.04 Å². The average Bonchev–Trinajstić information content (AvgIpc) is 3.01. The molecular weight excluding hydrogens is 274 g/mol. The van der Waals surface area contributed by atoms with E-state index in [2.05, 4.69) is 10.6 Å². The second-order valence-corrected chi connectivity index (χ2v) is 6.26. The van der Waals surface area contributed by atoms with Crippen molar-refractivity contribution in [3.05, 3.63) is 22.4 Å². The zero-order valence-corrected chi connectivity index (χ0v) is 12.1. The van der Waals surface area contributed by atoms with Crippen molar-refractivity contribution in [2.75, 3.05) is 26.2 Å². The molecule has 5 nitrogen and oxygen atoms in total. The fraction of sp³-hybridized carbons (Fsp3) is 0.571. The van der Waals surface area contributed by atoms with Gasteiger partial charge in [-0.1, -0.05) is 6.07 Å². The van der Waals surface area contributed by atoms with Gasteiger partial charge in [-0.3, -0.25) is 9.59 Å². The number of hydrogen-bond acceptors (Lipinski definition) is 4. The highest BCUT2D eigenvalue weighted by Gasteiger charge is 2.37. The highest BCUT2D eigenvalue weighted by atomic mass is 32.1. The number of nitrogens with zero attached hydrogens (tertiary/aromatic N) is 1. The van der Waals surface area contributed by atoms with Crippen LogP contribution in [-0.4, -0.2) is 42.9 Å². The second kappa shape index (κ2) is 5.93. The number of carbonyl (C=O) groups is 2. The Labute approximate surface area is 122 Å². The maximum absolute atomic E-state index is 12.7. The third kappa shape index (κ3) is 2.58. The summed E-state index contributed by atoms with van der Waals surface area (Å²) in [6.45, 7) is 2.86. The van der Waals surface area contributed by atoms with Crippen LogP contribution in [0.1, 0.15) is 23.8 Å². The Morgan fingerprint density at radius 2 is 2.30 bits per heavy atom. The summed E-state index contributed by atoms with van der Waals surface area (Å²) in [4.78, 5) is 27.6. The minimum atomic E-state index is -0.446.